The van der Waals surface area contributed by atoms with Crippen molar-refractivity contribution in [2.24, 2.45) is 0 Å². The Morgan fingerprint density at radius 2 is 2.00 bits per heavy atom. The van der Waals surface area contributed by atoms with Gasteiger partial charge in [-0.15, -0.1) is 0 Å². The highest BCUT2D eigenvalue weighted by Crippen LogP contribution is 2.30. The molecule has 156 valence electrons. The minimum absolute atomic E-state index is 0.0374. The molecule has 3 rings (SSSR count). The predicted octanol–water partition coefficient (Wildman–Crippen LogP) is 3.55. The Labute approximate surface area is 169 Å². The quantitative estimate of drug-likeness (QED) is 0.806. The molecule has 1 aliphatic heterocycles. The molecule has 2 aromatic rings. The lowest BCUT2D eigenvalue weighted by Gasteiger charge is -2.31. The van der Waals surface area contributed by atoms with Gasteiger partial charge in [-0.3, -0.25) is 4.79 Å². The number of benzene rings is 1. The monoisotopic (exact) mass is 430 g/mol. The average molecular weight is 431 g/mol. The number of methoxy groups -OCH3 is 1. The third-order valence-corrected chi connectivity index (χ3v) is 4.99. The van der Waals surface area contributed by atoms with Gasteiger partial charge in [-0.1, -0.05) is 17.7 Å². The van der Waals surface area contributed by atoms with Gasteiger partial charge in [-0.2, -0.15) is 23.0 Å². The zero-order valence-electron chi connectivity index (χ0n) is 15.4. The van der Waals surface area contributed by atoms with Gasteiger partial charge in [0.2, 0.25) is 0 Å². The first-order chi connectivity index (χ1) is 13.7. The van der Waals surface area contributed by atoms with Gasteiger partial charge in [0.1, 0.15) is 5.02 Å². The molecule has 0 radical (unpaired) electrons. The fourth-order valence-electron chi connectivity index (χ4n) is 3.09. The van der Waals surface area contributed by atoms with E-state index in [1.54, 1.807) is 4.90 Å². The molecule has 0 spiro atoms. The second-order valence-corrected chi connectivity index (χ2v) is 6.89. The van der Waals surface area contributed by atoms with Crippen LogP contribution in [0.3, 0.4) is 0 Å². The van der Waals surface area contributed by atoms with Crippen LogP contribution in [0.5, 0.6) is 0 Å². The first-order valence-electron chi connectivity index (χ1n) is 8.75. The summed E-state index contributed by atoms with van der Waals surface area (Å²) in [5.41, 5.74) is -1.37. The summed E-state index contributed by atoms with van der Waals surface area (Å²) in [4.78, 5) is 25.7. The lowest BCUT2D eigenvalue weighted by atomic mass is 10.1. The summed E-state index contributed by atoms with van der Waals surface area (Å²) >= 11 is 6.16. The highest BCUT2D eigenvalue weighted by atomic mass is 35.5. The van der Waals surface area contributed by atoms with E-state index in [1.807, 2.05) is 0 Å². The molecule has 1 fully saturated rings. The van der Waals surface area contributed by atoms with Crippen LogP contribution in [0.4, 0.5) is 23.7 Å². The molecule has 0 aliphatic carbocycles. The second kappa shape index (κ2) is 8.32. The molecule has 2 heterocycles. The number of carbonyl (C=O) groups is 1. The fraction of sp³-hybridized carbons (Fsp3) is 0.389. The summed E-state index contributed by atoms with van der Waals surface area (Å²) in [6.45, 7) is 0.966. The van der Waals surface area contributed by atoms with Crippen LogP contribution in [0.15, 0.2) is 35.3 Å². The van der Waals surface area contributed by atoms with Crippen molar-refractivity contribution in [3.05, 3.63) is 51.4 Å². The number of aromatic nitrogens is 2. The van der Waals surface area contributed by atoms with E-state index in [1.165, 1.54) is 25.4 Å². The second-order valence-electron chi connectivity index (χ2n) is 6.51. The third-order valence-electron chi connectivity index (χ3n) is 4.62. The van der Waals surface area contributed by atoms with E-state index in [-0.39, 0.29) is 22.4 Å². The summed E-state index contributed by atoms with van der Waals surface area (Å²) in [6.07, 6.45) is -2.41. The summed E-state index contributed by atoms with van der Waals surface area (Å²) in [5, 5.41) is 6.90. The third kappa shape index (κ3) is 4.64. The van der Waals surface area contributed by atoms with Gasteiger partial charge in [0, 0.05) is 19.1 Å². The molecule has 11 heteroatoms. The number of nitrogens with one attached hydrogen (secondary N) is 1. The number of halogens is 4. The van der Waals surface area contributed by atoms with Crippen LogP contribution in [0.25, 0.3) is 5.69 Å². The molecule has 1 aromatic heterocycles. The average Bonchev–Trinajstić information content (AvgIpc) is 2.71. The summed E-state index contributed by atoms with van der Waals surface area (Å²) in [5.74, 6) is 0. The number of ether oxygens (including phenoxy) is 1. The van der Waals surface area contributed by atoms with Crippen LogP contribution in [0.2, 0.25) is 5.02 Å². The number of amides is 1. The molecular weight excluding hydrogens is 413 g/mol. The van der Waals surface area contributed by atoms with Crippen LogP contribution in [-0.4, -0.2) is 47.0 Å². The van der Waals surface area contributed by atoms with Gasteiger partial charge in [0.15, 0.2) is 0 Å². The number of likely N-dealkylation sites (tertiary alicyclic amines) is 1. The largest absolute Gasteiger partial charge is 0.453 e. The topological polar surface area (TPSA) is 76.5 Å². The number of hydrogen-bond acceptors (Lipinski definition) is 5. The molecular formula is C18H18ClF3N4O3. The van der Waals surface area contributed by atoms with Crippen LogP contribution in [0, 0.1) is 0 Å². The number of nitrogens with zero attached hydrogens (tertiary/aromatic N) is 3. The van der Waals surface area contributed by atoms with Crippen molar-refractivity contribution in [2.45, 2.75) is 25.1 Å². The predicted molar refractivity (Wildman–Crippen MR) is 100 cm³/mol. The van der Waals surface area contributed by atoms with Crippen LogP contribution in [0.1, 0.15) is 18.4 Å². The van der Waals surface area contributed by atoms with E-state index in [9.17, 15) is 22.8 Å². The van der Waals surface area contributed by atoms with Gasteiger partial charge in [0.05, 0.1) is 30.2 Å². The maximum absolute atomic E-state index is 12.9. The van der Waals surface area contributed by atoms with Gasteiger partial charge < -0.3 is 15.0 Å². The Morgan fingerprint density at radius 1 is 1.31 bits per heavy atom. The molecule has 0 bridgehead atoms. The van der Waals surface area contributed by atoms with Gasteiger partial charge >= 0.3 is 12.3 Å². The Morgan fingerprint density at radius 3 is 2.62 bits per heavy atom. The number of rotatable bonds is 3. The highest BCUT2D eigenvalue weighted by Gasteiger charge is 2.31. The van der Waals surface area contributed by atoms with Gasteiger partial charge in [-0.25, -0.2) is 4.79 Å². The normalized spacial score (nSPS) is 15.3. The maximum Gasteiger partial charge on any atom is 0.416 e. The van der Waals surface area contributed by atoms with Crippen molar-refractivity contribution in [1.29, 1.82) is 0 Å². The molecule has 1 aliphatic rings. The summed E-state index contributed by atoms with van der Waals surface area (Å²) in [7, 11) is 1.32. The molecule has 1 N–H and O–H groups in total. The van der Waals surface area contributed by atoms with Crippen molar-refractivity contribution in [1.82, 2.24) is 14.7 Å². The van der Waals surface area contributed by atoms with Crippen LogP contribution in [-0.2, 0) is 10.9 Å². The van der Waals surface area contributed by atoms with Crippen LogP contribution < -0.4 is 10.9 Å². The lowest BCUT2D eigenvalue weighted by molar-refractivity contribution is -0.137. The van der Waals surface area contributed by atoms with E-state index in [4.69, 9.17) is 11.6 Å². The Hall–Kier alpha value is -2.75. The first kappa shape index (κ1) is 21.0. The van der Waals surface area contributed by atoms with E-state index in [0.717, 1.165) is 16.8 Å². The van der Waals surface area contributed by atoms with E-state index in [2.05, 4.69) is 15.2 Å². The van der Waals surface area contributed by atoms with Crippen molar-refractivity contribution < 1.29 is 22.7 Å². The molecule has 0 unspecified atom stereocenters. The minimum Gasteiger partial charge on any atom is -0.453 e. The van der Waals surface area contributed by atoms with Crippen molar-refractivity contribution in [2.75, 3.05) is 25.5 Å². The Balaban J connectivity index is 1.77. The maximum atomic E-state index is 12.9. The molecule has 1 amide bonds. The minimum atomic E-state index is -4.54. The number of carbonyl (C=O) groups excluding carboxylic acids is 1. The Bertz CT molecular complexity index is 956. The van der Waals surface area contributed by atoms with Crippen molar-refractivity contribution in [3.63, 3.8) is 0 Å². The van der Waals surface area contributed by atoms with Crippen molar-refractivity contribution >= 4 is 23.4 Å². The SMILES string of the molecule is COC(=O)N1CCC(Nc2cnn(-c3cccc(C(F)(F)F)c3)c(=O)c2Cl)CC1. The van der Waals surface area contributed by atoms with Crippen LogP contribution >= 0.6 is 11.6 Å². The number of anilines is 1. The first-order valence-corrected chi connectivity index (χ1v) is 9.13. The lowest BCUT2D eigenvalue weighted by Crippen LogP contribution is -2.42. The van der Waals surface area contributed by atoms with E-state index in [0.29, 0.717) is 25.9 Å². The molecule has 0 atom stereocenters. The zero-order chi connectivity index (χ0) is 21.2. The number of piperidine rings is 1. The zero-order valence-corrected chi connectivity index (χ0v) is 16.1. The number of hydrogen-bond donors (Lipinski definition) is 1. The van der Waals surface area contributed by atoms with Gasteiger partial charge in [0.25, 0.3) is 5.56 Å². The summed E-state index contributed by atoms with van der Waals surface area (Å²) < 4.78 is 44.2. The molecule has 7 nitrogen and oxygen atoms in total. The molecule has 29 heavy (non-hydrogen) atoms. The molecule has 1 aromatic carbocycles. The summed E-state index contributed by atoms with van der Waals surface area (Å²) in [6, 6.07) is 4.24. The van der Waals surface area contributed by atoms with Crippen molar-refractivity contribution in [3.8, 4) is 5.69 Å². The fourth-order valence-corrected chi connectivity index (χ4v) is 3.27. The van der Waals surface area contributed by atoms with E-state index < -0.39 is 23.4 Å². The molecule has 0 saturated carbocycles. The smallest absolute Gasteiger partial charge is 0.416 e. The van der Waals surface area contributed by atoms with Gasteiger partial charge in [-0.05, 0) is 31.0 Å². The molecule has 1 saturated heterocycles. The Kier molecular flexibility index (Phi) is 6.02. The standard InChI is InChI=1S/C18H18ClF3N4O3/c1-29-17(28)25-7-5-12(6-8-25)24-14-10-23-26(16(27)15(14)19)13-4-2-3-11(9-13)18(20,21)22/h2-4,9-10,12,24H,5-8H2,1H3. The van der Waals surface area contributed by atoms with E-state index >= 15 is 0 Å². The highest BCUT2D eigenvalue weighted by molar-refractivity contribution is 6.33. The number of alkyl halides is 3.